The van der Waals surface area contributed by atoms with E-state index >= 15 is 0 Å². The van der Waals surface area contributed by atoms with Crippen molar-refractivity contribution in [3.63, 3.8) is 0 Å². The summed E-state index contributed by atoms with van der Waals surface area (Å²) in [6.07, 6.45) is 0.933. The number of rotatable bonds is 4. The Labute approximate surface area is 150 Å². The number of carbonyl (C=O) groups excluding carboxylic acids is 1. The van der Waals surface area contributed by atoms with E-state index in [9.17, 15) is 17.6 Å². The number of benzene rings is 2. The number of hydrogen-bond acceptors (Lipinski definition) is 3. The number of nitrogens with zero attached hydrogens (tertiary/aromatic N) is 1. The van der Waals surface area contributed by atoms with E-state index in [2.05, 4.69) is 5.32 Å². The van der Waals surface area contributed by atoms with Crippen molar-refractivity contribution in [1.82, 2.24) is 4.31 Å². The zero-order valence-electron chi connectivity index (χ0n) is 13.2. The van der Waals surface area contributed by atoms with Crippen LogP contribution >= 0.6 is 11.6 Å². The molecular weight excluding hydrogens is 367 g/mol. The molecule has 0 bridgehead atoms. The van der Waals surface area contributed by atoms with Gasteiger partial charge in [-0.15, -0.1) is 0 Å². The fourth-order valence-electron chi connectivity index (χ4n) is 2.83. The predicted molar refractivity (Wildman–Crippen MR) is 93.4 cm³/mol. The Balaban J connectivity index is 1.84. The molecule has 3 rings (SSSR count). The van der Waals surface area contributed by atoms with Gasteiger partial charge in [-0.2, -0.15) is 4.31 Å². The smallest absolute Gasteiger partial charge is 0.243 e. The highest BCUT2D eigenvalue weighted by Crippen LogP contribution is 2.28. The maximum atomic E-state index is 14.0. The highest BCUT2D eigenvalue weighted by Gasteiger charge is 2.39. The van der Waals surface area contributed by atoms with Crippen LogP contribution in [0.1, 0.15) is 12.8 Å². The fourth-order valence-corrected chi connectivity index (χ4v) is 4.69. The first kappa shape index (κ1) is 17.8. The lowest BCUT2D eigenvalue weighted by Gasteiger charge is -2.23. The second-order valence-corrected chi connectivity index (χ2v) is 7.98. The van der Waals surface area contributed by atoms with Gasteiger partial charge in [0.2, 0.25) is 15.9 Å². The summed E-state index contributed by atoms with van der Waals surface area (Å²) in [5, 5.41) is 2.33. The zero-order chi connectivity index (χ0) is 18.0. The minimum atomic E-state index is -3.79. The number of sulfonamides is 1. The number of amides is 1. The lowest BCUT2D eigenvalue weighted by atomic mass is 10.2. The quantitative estimate of drug-likeness (QED) is 0.882. The molecule has 5 nitrogen and oxygen atoms in total. The summed E-state index contributed by atoms with van der Waals surface area (Å²) in [5.74, 6) is -1.31. The molecule has 132 valence electrons. The Hall–Kier alpha value is -1.96. The summed E-state index contributed by atoms with van der Waals surface area (Å²) in [7, 11) is -3.79. The molecule has 1 fully saturated rings. The van der Waals surface area contributed by atoms with E-state index in [1.165, 1.54) is 34.6 Å². The Morgan fingerprint density at radius 1 is 1.16 bits per heavy atom. The third-order valence-electron chi connectivity index (χ3n) is 4.07. The standard InChI is InChI=1S/C17H16ClFN2O3S/c18-13-8-4-9-14(16(13)19)20-17(22)15-10-5-11-21(15)25(23,24)12-6-2-1-3-7-12/h1-4,6-9,15H,5,10-11H2,(H,20,22). The van der Waals surface area contributed by atoms with Gasteiger partial charge in [-0.1, -0.05) is 35.9 Å². The van der Waals surface area contributed by atoms with Crippen molar-refractivity contribution in [2.24, 2.45) is 0 Å². The molecule has 1 N–H and O–H groups in total. The van der Waals surface area contributed by atoms with Crippen molar-refractivity contribution >= 4 is 33.2 Å². The van der Waals surface area contributed by atoms with Gasteiger partial charge in [-0.05, 0) is 37.1 Å². The van der Waals surface area contributed by atoms with Crippen LogP contribution in [0.15, 0.2) is 53.4 Å². The molecule has 2 aromatic rings. The van der Waals surface area contributed by atoms with Crippen LogP contribution in [0.3, 0.4) is 0 Å². The van der Waals surface area contributed by atoms with E-state index in [0.717, 1.165) is 0 Å². The molecule has 0 aliphatic carbocycles. The first-order valence-electron chi connectivity index (χ1n) is 7.73. The average Bonchev–Trinajstić information content (AvgIpc) is 3.10. The third-order valence-corrected chi connectivity index (χ3v) is 6.28. The number of nitrogens with one attached hydrogen (secondary N) is 1. The van der Waals surface area contributed by atoms with Gasteiger partial charge in [-0.25, -0.2) is 12.8 Å². The van der Waals surface area contributed by atoms with Gasteiger partial charge in [0.1, 0.15) is 6.04 Å². The predicted octanol–water partition coefficient (Wildman–Crippen LogP) is 3.27. The van der Waals surface area contributed by atoms with Gasteiger partial charge in [0.15, 0.2) is 5.82 Å². The number of hydrogen-bond donors (Lipinski definition) is 1. The van der Waals surface area contributed by atoms with Crippen LogP contribution in [-0.2, 0) is 14.8 Å². The van der Waals surface area contributed by atoms with Gasteiger partial charge in [-0.3, -0.25) is 4.79 Å². The second-order valence-electron chi connectivity index (χ2n) is 5.68. The molecule has 0 saturated carbocycles. The minimum absolute atomic E-state index is 0.0681. The largest absolute Gasteiger partial charge is 0.322 e. The van der Waals surface area contributed by atoms with Crippen LogP contribution in [0.4, 0.5) is 10.1 Å². The minimum Gasteiger partial charge on any atom is -0.322 e. The molecule has 1 amide bonds. The van der Waals surface area contributed by atoms with Gasteiger partial charge in [0.05, 0.1) is 15.6 Å². The average molecular weight is 383 g/mol. The lowest BCUT2D eigenvalue weighted by Crippen LogP contribution is -2.43. The first-order chi connectivity index (χ1) is 11.9. The van der Waals surface area contributed by atoms with E-state index in [1.807, 2.05) is 0 Å². The summed E-state index contributed by atoms with van der Waals surface area (Å²) in [6.45, 7) is 0.243. The van der Waals surface area contributed by atoms with Crippen molar-refractivity contribution in [2.75, 3.05) is 11.9 Å². The van der Waals surface area contributed by atoms with Crippen LogP contribution in [0.5, 0.6) is 0 Å². The molecule has 1 aliphatic heterocycles. The SMILES string of the molecule is O=C(Nc1cccc(Cl)c1F)C1CCCN1S(=O)(=O)c1ccccc1. The van der Waals surface area contributed by atoms with Gasteiger partial charge >= 0.3 is 0 Å². The van der Waals surface area contributed by atoms with E-state index < -0.39 is 27.8 Å². The molecule has 25 heavy (non-hydrogen) atoms. The van der Waals surface area contributed by atoms with Crippen molar-refractivity contribution < 1.29 is 17.6 Å². The van der Waals surface area contributed by atoms with Gasteiger partial charge in [0.25, 0.3) is 0 Å². The Morgan fingerprint density at radius 2 is 1.88 bits per heavy atom. The second kappa shape index (κ2) is 7.11. The summed E-state index contributed by atoms with van der Waals surface area (Å²) >= 11 is 5.71. The first-order valence-corrected chi connectivity index (χ1v) is 9.55. The molecule has 1 unspecified atom stereocenters. The van der Waals surface area contributed by atoms with Gasteiger partial charge in [0, 0.05) is 6.54 Å². The summed E-state index contributed by atoms with van der Waals surface area (Å²) in [4.78, 5) is 12.7. The molecule has 0 spiro atoms. The summed E-state index contributed by atoms with van der Waals surface area (Å²) in [5.41, 5.74) is -0.0681. The van der Waals surface area contributed by atoms with Crippen LogP contribution in [0.2, 0.25) is 5.02 Å². The molecular formula is C17H16ClFN2O3S. The molecule has 1 heterocycles. The maximum absolute atomic E-state index is 14.0. The highest BCUT2D eigenvalue weighted by atomic mass is 35.5. The molecule has 1 atom stereocenters. The molecule has 0 aromatic heterocycles. The molecule has 1 aliphatic rings. The van der Waals surface area contributed by atoms with Crippen LogP contribution in [-0.4, -0.2) is 31.2 Å². The summed E-state index contributed by atoms with van der Waals surface area (Å²) < 4.78 is 40.7. The third kappa shape index (κ3) is 3.53. The van der Waals surface area contributed by atoms with Crippen LogP contribution in [0, 0.1) is 5.82 Å². The van der Waals surface area contributed by atoms with E-state index in [0.29, 0.717) is 12.8 Å². The van der Waals surface area contributed by atoms with Crippen LogP contribution in [0.25, 0.3) is 0 Å². The topological polar surface area (TPSA) is 66.5 Å². The normalized spacial score (nSPS) is 18.2. The number of anilines is 1. The molecule has 1 saturated heterocycles. The van der Waals surface area contributed by atoms with Crippen molar-refractivity contribution in [2.45, 2.75) is 23.8 Å². The van der Waals surface area contributed by atoms with Crippen molar-refractivity contribution in [3.8, 4) is 0 Å². The highest BCUT2D eigenvalue weighted by molar-refractivity contribution is 7.89. The van der Waals surface area contributed by atoms with E-state index in [4.69, 9.17) is 11.6 Å². The lowest BCUT2D eigenvalue weighted by molar-refractivity contribution is -0.119. The zero-order valence-corrected chi connectivity index (χ0v) is 14.7. The molecule has 2 aromatic carbocycles. The Bertz CT molecular complexity index is 890. The Kier molecular flexibility index (Phi) is 5.08. The van der Waals surface area contributed by atoms with Crippen molar-refractivity contribution in [1.29, 1.82) is 0 Å². The molecule has 0 radical (unpaired) electrons. The summed E-state index contributed by atoms with van der Waals surface area (Å²) in [6, 6.07) is 11.3. The van der Waals surface area contributed by atoms with Gasteiger partial charge < -0.3 is 5.32 Å². The number of carbonyl (C=O) groups is 1. The number of halogens is 2. The fraction of sp³-hybridized carbons (Fsp3) is 0.235. The van der Waals surface area contributed by atoms with E-state index in [1.54, 1.807) is 18.2 Å². The monoisotopic (exact) mass is 382 g/mol. The van der Waals surface area contributed by atoms with Crippen LogP contribution < -0.4 is 5.32 Å². The molecule has 8 heteroatoms. The van der Waals surface area contributed by atoms with Crippen molar-refractivity contribution in [3.05, 3.63) is 59.4 Å². The van der Waals surface area contributed by atoms with E-state index in [-0.39, 0.29) is 22.2 Å². The maximum Gasteiger partial charge on any atom is 0.243 e. The Morgan fingerprint density at radius 3 is 2.60 bits per heavy atom.